The first kappa shape index (κ1) is 27.1. The molecule has 0 radical (unpaired) electrons. The lowest BCUT2D eigenvalue weighted by atomic mass is 9.89. The Bertz CT molecular complexity index is 1740. The lowest BCUT2D eigenvalue weighted by Gasteiger charge is -2.26. The predicted molar refractivity (Wildman–Crippen MR) is 148 cm³/mol. The van der Waals surface area contributed by atoms with Gasteiger partial charge >= 0.3 is 5.97 Å². The highest BCUT2D eigenvalue weighted by molar-refractivity contribution is 6.31. The lowest BCUT2D eigenvalue weighted by molar-refractivity contribution is -0.147. The summed E-state index contributed by atoms with van der Waals surface area (Å²) >= 11 is 6.11. The molecule has 2 aromatic heterocycles. The van der Waals surface area contributed by atoms with E-state index in [1.807, 2.05) is 0 Å². The topological polar surface area (TPSA) is 116 Å². The molecule has 212 valence electrons. The number of aryl methyl sites for hydroxylation is 1. The van der Waals surface area contributed by atoms with Gasteiger partial charge in [0.05, 0.1) is 10.6 Å². The molecule has 11 heteroatoms. The average molecular weight is 580 g/mol. The van der Waals surface area contributed by atoms with Crippen LogP contribution in [0.15, 0.2) is 52.3 Å². The molecule has 0 bridgehead atoms. The fourth-order valence-corrected chi connectivity index (χ4v) is 5.60. The van der Waals surface area contributed by atoms with Gasteiger partial charge in [-0.2, -0.15) is 0 Å². The van der Waals surface area contributed by atoms with Crippen molar-refractivity contribution in [1.82, 2.24) is 14.5 Å². The molecule has 9 nitrogen and oxygen atoms in total. The van der Waals surface area contributed by atoms with Crippen LogP contribution in [-0.2, 0) is 23.0 Å². The number of fused-ring (bicyclic) bond motifs is 3. The summed E-state index contributed by atoms with van der Waals surface area (Å²) in [4.78, 5) is 64.6. The normalized spacial score (nSPS) is 17.5. The molecule has 6 rings (SSSR count). The van der Waals surface area contributed by atoms with E-state index in [1.54, 1.807) is 6.07 Å². The quantitative estimate of drug-likeness (QED) is 0.338. The van der Waals surface area contributed by atoms with Crippen LogP contribution >= 0.6 is 11.6 Å². The van der Waals surface area contributed by atoms with E-state index in [0.29, 0.717) is 12.0 Å². The summed E-state index contributed by atoms with van der Waals surface area (Å²) in [5.41, 5.74) is -0.306. The molecule has 3 aliphatic rings. The van der Waals surface area contributed by atoms with Crippen molar-refractivity contribution < 1.29 is 23.5 Å². The Morgan fingerprint density at radius 3 is 2.54 bits per heavy atom. The van der Waals surface area contributed by atoms with Crippen LogP contribution in [-0.4, -0.2) is 38.9 Å². The zero-order valence-electron chi connectivity index (χ0n) is 22.2. The maximum absolute atomic E-state index is 15.4. The first-order valence-electron chi connectivity index (χ1n) is 13.5. The van der Waals surface area contributed by atoms with Gasteiger partial charge < -0.3 is 19.2 Å². The highest BCUT2D eigenvalue weighted by Gasteiger charge is 2.46. The van der Waals surface area contributed by atoms with E-state index >= 15 is 4.39 Å². The zero-order valence-corrected chi connectivity index (χ0v) is 23.0. The second-order valence-electron chi connectivity index (χ2n) is 11.2. The summed E-state index contributed by atoms with van der Waals surface area (Å²) in [6.07, 6.45) is 6.56. The average Bonchev–Trinajstić information content (AvgIpc) is 3.87. The summed E-state index contributed by atoms with van der Waals surface area (Å²) in [5.74, 6) is -2.31. The van der Waals surface area contributed by atoms with E-state index in [9.17, 15) is 24.0 Å². The number of carbonyl (C=O) groups excluding carboxylic acids is 3. The number of nitrogens with one attached hydrogen (secondary N) is 1. The predicted octanol–water partition coefficient (Wildman–Crippen LogP) is 3.59. The number of benzene rings is 1. The number of pyridine rings is 2. The third-order valence-electron chi connectivity index (χ3n) is 8.15. The molecule has 1 spiro atoms. The van der Waals surface area contributed by atoms with E-state index in [-0.39, 0.29) is 45.2 Å². The standard InChI is InChI=1S/C30H27ClFN3O6/c1-34-13-18(5-7-24(34)37)23(36)15-41-29(40)22(10-16-2-3-16)35-14-20-19(11-25(35)38)26-17(4-6-21(31)27(26)32)12-30(8-9-30)33-28(20)39/h4-7,11,13-14,16,22H,2-3,8-10,12,15H2,1H3,(H,33,39). The number of halogens is 2. The van der Waals surface area contributed by atoms with Gasteiger partial charge in [-0.15, -0.1) is 0 Å². The number of ether oxygens (including phenoxy) is 1. The summed E-state index contributed by atoms with van der Waals surface area (Å²) in [6, 6.07) is 5.85. The van der Waals surface area contributed by atoms with E-state index in [2.05, 4.69) is 5.32 Å². The van der Waals surface area contributed by atoms with Crippen molar-refractivity contribution in [3.63, 3.8) is 0 Å². The number of esters is 1. The van der Waals surface area contributed by atoms with Crippen molar-refractivity contribution in [3.8, 4) is 11.1 Å². The van der Waals surface area contributed by atoms with Crippen LogP contribution in [0.25, 0.3) is 11.1 Å². The Hall–Kier alpha value is -4.05. The smallest absolute Gasteiger partial charge is 0.329 e. The SMILES string of the molecule is Cn1cc(C(=O)COC(=O)C(CC2CC2)n2cc3c(cc2=O)-c2c(ccc(Cl)c2F)CC2(CC2)NC3=O)ccc1=O. The van der Waals surface area contributed by atoms with Gasteiger partial charge in [0.15, 0.2) is 6.61 Å². The molecule has 1 atom stereocenters. The Balaban J connectivity index is 1.36. The number of hydrogen-bond acceptors (Lipinski definition) is 6. The van der Waals surface area contributed by atoms with Crippen molar-refractivity contribution in [1.29, 1.82) is 0 Å². The van der Waals surface area contributed by atoms with Crippen LogP contribution in [0.1, 0.15) is 64.4 Å². The van der Waals surface area contributed by atoms with Gasteiger partial charge in [0.1, 0.15) is 11.9 Å². The minimum absolute atomic E-state index is 0.0490. The van der Waals surface area contributed by atoms with Crippen molar-refractivity contribution in [2.45, 2.75) is 50.1 Å². The van der Waals surface area contributed by atoms with Crippen LogP contribution in [0.2, 0.25) is 5.02 Å². The molecule has 1 N–H and O–H groups in total. The van der Waals surface area contributed by atoms with E-state index in [1.165, 1.54) is 48.3 Å². The van der Waals surface area contributed by atoms with E-state index in [4.69, 9.17) is 16.3 Å². The Morgan fingerprint density at radius 2 is 1.85 bits per heavy atom. The summed E-state index contributed by atoms with van der Waals surface area (Å²) in [6.45, 7) is -0.585. The Kier molecular flexibility index (Phi) is 6.68. The lowest BCUT2D eigenvalue weighted by Crippen LogP contribution is -2.41. The van der Waals surface area contributed by atoms with Crippen LogP contribution in [0.3, 0.4) is 0 Å². The van der Waals surface area contributed by atoms with Gasteiger partial charge in [0.25, 0.3) is 11.5 Å². The van der Waals surface area contributed by atoms with Gasteiger partial charge in [-0.3, -0.25) is 19.2 Å². The van der Waals surface area contributed by atoms with Crippen LogP contribution in [0.4, 0.5) is 4.39 Å². The first-order valence-corrected chi connectivity index (χ1v) is 13.9. The minimum atomic E-state index is -1.09. The van der Waals surface area contributed by atoms with Crippen molar-refractivity contribution in [2.75, 3.05) is 6.61 Å². The number of rotatable bonds is 7. The van der Waals surface area contributed by atoms with Crippen molar-refractivity contribution in [2.24, 2.45) is 13.0 Å². The first-order chi connectivity index (χ1) is 19.5. The summed E-state index contributed by atoms with van der Waals surface area (Å²) in [7, 11) is 1.50. The third-order valence-corrected chi connectivity index (χ3v) is 8.44. The fraction of sp³-hybridized carbons (Fsp3) is 0.367. The number of ketones is 1. The molecule has 1 unspecified atom stereocenters. The Morgan fingerprint density at radius 1 is 1.10 bits per heavy atom. The number of aromatic nitrogens is 2. The van der Waals surface area contributed by atoms with Gasteiger partial charge in [-0.1, -0.05) is 30.5 Å². The molecule has 0 saturated heterocycles. The highest BCUT2D eigenvalue weighted by Crippen LogP contribution is 2.45. The second kappa shape index (κ2) is 10.1. The molecular formula is C30H27ClFN3O6. The highest BCUT2D eigenvalue weighted by atomic mass is 35.5. The number of amides is 1. The van der Waals surface area contributed by atoms with E-state index < -0.39 is 47.2 Å². The largest absolute Gasteiger partial charge is 0.456 e. The minimum Gasteiger partial charge on any atom is -0.456 e. The third kappa shape index (κ3) is 5.24. The van der Waals surface area contributed by atoms with Crippen LogP contribution in [0.5, 0.6) is 0 Å². The Labute approximate surface area is 238 Å². The van der Waals surface area contributed by atoms with Crippen molar-refractivity contribution >= 4 is 29.3 Å². The summed E-state index contributed by atoms with van der Waals surface area (Å²) < 4.78 is 23.2. The molecule has 1 aromatic carbocycles. The maximum Gasteiger partial charge on any atom is 0.329 e. The fourth-order valence-electron chi connectivity index (χ4n) is 5.45. The van der Waals surface area contributed by atoms with Crippen LogP contribution < -0.4 is 16.4 Å². The van der Waals surface area contributed by atoms with E-state index in [0.717, 1.165) is 30.3 Å². The van der Waals surface area contributed by atoms with Crippen LogP contribution in [0, 0.1) is 11.7 Å². The molecule has 1 amide bonds. The molecule has 41 heavy (non-hydrogen) atoms. The molecular weight excluding hydrogens is 553 g/mol. The van der Waals surface area contributed by atoms with Crippen molar-refractivity contribution in [3.05, 3.63) is 91.0 Å². The number of carbonyl (C=O) groups is 3. The monoisotopic (exact) mass is 579 g/mol. The molecule has 2 saturated carbocycles. The number of hydrogen-bond donors (Lipinski definition) is 1. The molecule has 3 aromatic rings. The molecule has 2 fully saturated rings. The maximum atomic E-state index is 15.4. The van der Waals surface area contributed by atoms with Gasteiger partial charge in [0, 0.05) is 53.8 Å². The van der Waals surface area contributed by atoms with Gasteiger partial charge in [0.2, 0.25) is 11.3 Å². The molecule has 2 aliphatic carbocycles. The molecule has 3 heterocycles. The zero-order chi connectivity index (χ0) is 29.1. The van der Waals surface area contributed by atoms with Gasteiger partial charge in [-0.25, -0.2) is 9.18 Å². The van der Waals surface area contributed by atoms with Gasteiger partial charge in [-0.05, 0) is 49.3 Å². The number of nitrogens with zero attached hydrogens (tertiary/aromatic N) is 2. The summed E-state index contributed by atoms with van der Waals surface area (Å²) in [5, 5.41) is 2.92. The second-order valence-corrected chi connectivity index (χ2v) is 11.7. The molecule has 1 aliphatic heterocycles. The number of Topliss-reactive ketones (excluding diaryl/α,β-unsaturated/α-hetero) is 1.